The van der Waals surface area contributed by atoms with Crippen LogP contribution in [0.3, 0.4) is 0 Å². The van der Waals surface area contributed by atoms with Crippen molar-refractivity contribution in [2.75, 3.05) is 0 Å². The van der Waals surface area contributed by atoms with Gasteiger partial charge in [-0.3, -0.25) is 0 Å². The summed E-state index contributed by atoms with van der Waals surface area (Å²) in [5.41, 5.74) is 2.29. The van der Waals surface area contributed by atoms with E-state index in [1.54, 1.807) is 6.08 Å². The van der Waals surface area contributed by atoms with Crippen molar-refractivity contribution in [3.05, 3.63) is 79.3 Å². The zero-order valence-corrected chi connectivity index (χ0v) is 7.61. The van der Waals surface area contributed by atoms with Gasteiger partial charge in [0.2, 0.25) is 0 Å². The lowest BCUT2D eigenvalue weighted by molar-refractivity contribution is 1.46. The first-order valence-electron chi connectivity index (χ1n) is 4.22. The van der Waals surface area contributed by atoms with Crippen LogP contribution in [0.4, 0.5) is 0 Å². The molecule has 1 radical (unpaired) electrons. The Balaban J connectivity index is 2.90. The summed E-state index contributed by atoms with van der Waals surface area (Å²) in [5.74, 6) is 0. The van der Waals surface area contributed by atoms with E-state index in [0.29, 0.717) is 0 Å². The molecule has 0 aromatic rings. The lowest BCUT2D eigenvalue weighted by Gasteiger charge is -2.04. The third-order valence-electron chi connectivity index (χ3n) is 1.74. The third kappa shape index (κ3) is 2.75. The topological polar surface area (TPSA) is 0 Å². The van der Waals surface area contributed by atoms with E-state index in [1.807, 2.05) is 36.5 Å². The van der Waals surface area contributed by atoms with Gasteiger partial charge in [0.1, 0.15) is 0 Å². The summed E-state index contributed by atoms with van der Waals surface area (Å²) in [6.07, 6.45) is 17.7. The van der Waals surface area contributed by atoms with Gasteiger partial charge in [0.15, 0.2) is 0 Å². The Hall–Kier alpha value is -1.56. The third-order valence-corrected chi connectivity index (χ3v) is 1.74. The lowest BCUT2D eigenvalue weighted by Crippen LogP contribution is -1.86. The molecule has 0 heteroatoms. The van der Waals surface area contributed by atoms with E-state index in [-0.39, 0.29) is 0 Å². The summed E-state index contributed by atoms with van der Waals surface area (Å²) in [4.78, 5) is 0. The zero-order chi connectivity index (χ0) is 9.52. The van der Waals surface area contributed by atoms with Crippen molar-refractivity contribution in [3.63, 3.8) is 0 Å². The van der Waals surface area contributed by atoms with Crippen LogP contribution in [0.15, 0.2) is 72.9 Å². The van der Waals surface area contributed by atoms with E-state index < -0.39 is 0 Å². The summed E-state index contributed by atoms with van der Waals surface area (Å²) in [6.45, 7) is 7.39. The molecule has 0 fully saturated rings. The molecule has 65 valence electrons. The smallest absolute Gasteiger partial charge is 0.0131 e. The Labute approximate surface area is 80.0 Å². The van der Waals surface area contributed by atoms with Crippen molar-refractivity contribution in [3.8, 4) is 0 Å². The van der Waals surface area contributed by atoms with Gasteiger partial charge < -0.3 is 0 Å². The van der Waals surface area contributed by atoms with Crippen LogP contribution in [-0.2, 0) is 0 Å². The molecule has 0 spiro atoms. The minimum absolute atomic E-state index is 1.11. The maximum Gasteiger partial charge on any atom is 0.0131 e. The van der Waals surface area contributed by atoms with Crippen LogP contribution in [0.1, 0.15) is 0 Å². The number of hydrogen-bond acceptors (Lipinski definition) is 0. The van der Waals surface area contributed by atoms with Gasteiger partial charge in [-0.25, -0.2) is 0 Å². The van der Waals surface area contributed by atoms with Gasteiger partial charge in [0.25, 0.3) is 0 Å². The van der Waals surface area contributed by atoms with Crippen LogP contribution in [0.2, 0.25) is 0 Å². The van der Waals surface area contributed by atoms with Crippen molar-refractivity contribution in [2.45, 2.75) is 0 Å². The van der Waals surface area contributed by atoms with E-state index in [9.17, 15) is 0 Å². The van der Waals surface area contributed by atoms with Crippen molar-refractivity contribution in [2.24, 2.45) is 0 Å². The molecule has 0 nitrogen and oxygen atoms in total. The highest BCUT2D eigenvalue weighted by Gasteiger charge is 1.98. The molecule has 1 aliphatic rings. The van der Waals surface area contributed by atoms with E-state index in [2.05, 4.69) is 25.7 Å². The molecule has 1 rings (SSSR count). The first-order valence-corrected chi connectivity index (χ1v) is 4.22. The predicted molar refractivity (Wildman–Crippen MR) is 59.1 cm³/mol. The minimum Gasteiger partial charge on any atom is -0.0991 e. The van der Waals surface area contributed by atoms with Crippen molar-refractivity contribution >= 4 is 0 Å². The van der Waals surface area contributed by atoms with Gasteiger partial charge in [0, 0.05) is 6.42 Å². The van der Waals surface area contributed by atoms with E-state index in [4.69, 9.17) is 0 Å². The fourth-order valence-electron chi connectivity index (χ4n) is 1.08. The second kappa shape index (κ2) is 5.15. The van der Waals surface area contributed by atoms with Crippen LogP contribution in [0.25, 0.3) is 0 Å². The summed E-state index contributed by atoms with van der Waals surface area (Å²) in [6, 6.07) is 0. The molecule has 0 amide bonds. The molecule has 0 aromatic heterocycles. The summed E-state index contributed by atoms with van der Waals surface area (Å²) < 4.78 is 0. The fraction of sp³-hybridized carbons (Fsp3) is 0. The first kappa shape index (κ1) is 9.53. The van der Waals surface area contributed by atoms with Crippen molar-refractivity contribution < 1.29 is 0 Å². The van der Waals surface area contributed by atoms with Gasteiger partial charge in [-0.05, 0) is 11.1 Å². The number of hydrogen-bond donors (Lipinski definition) is 0. The van der Waals surface area contributed by atoms with Gasteiger partial charge in [0.05, 0.1) is 0 Å². The van der Waals surface area contributed by atoms with Crippen LogP contribution in [0.5, 0.6) is 0 Å². The van der Waals surface area contributed by atoms with Crippen LogP contribution in [0, 0.1) is 6.42 Å². The Morgan fingerprint density at radius 3 is 2.54 bits per heavy atom. The highest BCUT2D eigenvalue weighted by atomic mass is 14.0. The first-order chi connectivity index (χ1) is 6.38. The lowest BCUT2D eigenvalue weighted by atomic mass is 10.0. The molecule has 13 heavy (non-hydrogen) atoms. The Kier molecular flexibility index (Phi) is 3.77. The van der Waals surface area contributed by atoms with E-state index in [1.165, 1.54) is 5.57 Å². The summed E-state index contributed by atoms with van der Waals surface area (Å²) in [7, 11) is 0. The molecule has 0 atom stereocenters. The molecule has 1 aliphatic carbocycles. The van der Waals surface area contributed by atoms with Crippen molar-refractivity contribution in [1.82, 2.24) is 0 Å². The molecule has 0 unspecified atom stereocenters. The highest BCUT2D eigenvalue weighted by molar-refractivity contribution is 5.49. The molecular weight excluding hydrogens is 156 g/mol. The normalized spacial score (nSPS) is 19.1. The molecule has 0 saturated heterocycles. The largest absolute Gasteiger partial charge is 0.0991 e. The Morgan fingerprint density at radius 2 is 2.00 bits per heavy atom. The van der Waals surface area contributed by atoms with Gasteiger partial charge >= 0.3 is 0 Å². The summed E-state index contributed by atoms with van der Waals surface area (Å²) in [5, 5.41) is 0. The van der Waals surface area contributed by atoms with Gasteiger partial charge in [-0.1, -0.05) is 61.8 Å². The minimum atomic E-state index is 1.11. The molecule has 0 aromatic carbocycles. The second-order valence-electron chi connectivity index (χ2n) is 2.62. The second-order valence-corrected chi connectivity index (χ2v) is 2.62. The molecular formula is C13H13. The quantitative estimate of drug-likeness (QED) is 0.567. The fourth-order valence-corrected chi connectivity index (χ4v) is 1.08. The molecule has 0 aliphatic heterocycles. The maximum atomic E-state index is 3.77. The molecule has 0 saturated carbocycles. The number of rotatable bonds is 3. The van der Waals surface area contributed by atoms with Gasteiger partial charge in [-0.15, -0.1) is 0 Å². The zero-order valence-electron chi connectivity index (χ0n) is 7.61. The highest BCUT2D eigenvalue weighted by Crippen LogP contribution is 2.16. The van der Waals surface area contributed by atoms with Crippen LogP contribution < -0.4 is 0 Å². The Bertz CT molecular complexity index is 309. The van der Waals surface area contributed by atoms with Crippen LogP contribution in [-0.4, -0.2) is 0 Å². The Morgan fingerprint density at radius 1 is 1.15 bits per heavy atom. The van der Waals surface area contributed by atoms with Crippen LogP contribution >= 0.6 is 0 Å². The maximum absolute atomic E-state index is 3.77. The molecule has 0 bridgehead atoms. The van der Waals surface area contributed by atoms with E-state index >= 15 is 0 Å². The molecule has 0 N–H and O–H groups in total. The SMILES string of the molecule is C=C/C=C\C(C=C)=C1/[CH]C=CC=C1. The monoisotopic (exact) mass is 169 g/mol. The molecule has 0 heterocycles. The average molecular weight is 169 g/mol. The standard InChI is InChI=1S/C13H13/c1-3-5-9-12(4-2)13-10-7-6-8-11-13/h3-11H,1-2H2/b9-5-. The van der Waals surface area contributed by atoms with E-state index in [0.717, 1.165) is 5.57 Å². The van der Waals surface area contributed by atoms with Crippen molar-refractivity contribution in [1.29, 1.82) is 0 Å². The average Bonchev–Trinajstić information content (AvgIpc) is 2.21. The number of allylic oxidation sites excluding steroid dienone is 10. The predicted octanol–water partition coefficient (Wildman–Crippen LogP) is 3.54. The van der Waals surface area contributed by atoms with Gasteiger partial charge in [-0.2, -0.15) is 0 Å². The summed E-state index contributed by atoms with van der Waals surface area (Å²) >= 11 is 0.